The number of sulfonamides is 1. The summed E-state index contributed by atoms with van der Waals surface area (Å²) in [5, 5.41) is 2.78. The van der Waals surface area contributed by atoms with Crippen LogP contribution in [0.4, 0.5) is 11.4 Å². The lowest BCUT2D eigenvalue weighted by atomic mass is 10.2. The van der Waals surface area contributed by atoms with Crippen molar-refractivity contribution in [1.29, 1.82) is 0 Å². The standard InChI is InChI=1S/C26H28N2O5S/c1-32-22-17-13-21(14-18-22)28(34(30,31)25-9-3-2-4-10-25)19-26(29)27-20-11-15-24(16-12-20)33-23-7-5-6-8-23/h2-4,9-18,23H,5-8,19H2,1H3,(H,27,29). The molecule has 0 aromatic heterocycles. The Kier molecular flexibility index (Phi) is 7.37. The summed E-state index contributed by atoms with van der Waals surface area (Å²) in [7, 11) is -2.44. The number of methoxy groups -OCH3 is 1. The van der Waals surface area contributed by atoms with Crippen molar-refractivity contribution in [3.05, 3.63) is 78.9 Å². The summed E-state index contributed by atoms with van der Waals surface area (Å²) in [5.41, 5.74) is 0.927. The highest BCUT2D eigenvalue weighted by Gasteiger charge is 2.27. The maximum absolute atomic E-state index is 13.4. The zero-order chi connectivity index (χ0) is 24.0. The molecule has 0 atom stereocenters. The van der Waals surface area contributed by atoms with E-state index in [2.05, 4.69) is 5.32 Å². The number of anilines is 2. The van der Waals surface area contributed by atoms with Crippen LogP contribution in [0.2, 0.25) is 0 Å². The number of benzene rings is 3. The predicted molar refractivity (Wildman–Crippen MR) is 132 cm³/mol. The number of hydrogen-bond donors (Lipinski definition) is 1. The molecule has 0 spiro atoms. The smallest absolute Gasteiger partial charge is 0.264 e. The fourth-order valence-corrected chi connectivity index (χ4v) is 5.37. The van der Waals surface area contributed by atoms with E-state index in [-0.39, 0.29) is 17.5 Å². The normalized spacial score (nSPS) is 13.9. The fraction of sp³-hybridized carbons (Fsp3) is 0.269. The number of nitrogens with one attached hydrogen (secondary N) is 1. The van der Waals surface area contributed by atoms with Crippen LogP contribution in [-0.2, 0) is 14.8 Å². The molecule has 1 fully saturated rings. The molecule has 3 aromatic carbocycles. The van der Waals surface area contributed by atoms with Crippen molar-refractivity contribution in [2.45, 2.75) is 36.7 Å². The lowest BCUT2D eigenvalue weighted by molar-refractivity contribution is -0.114. The van der Waals surface area contributed by atoms with E-state index in [1.165, 1.54) is 32.1 Å². The van der Waals surface area contributed by atoms with Gasteiger partial charge in [-0.2, -0.15) is 0 Å². The second kappa shape index (κ2) is 10.6. The van der Waals surface area contributed by atoms with Crippen molar-refractivity contribution in [3.63, 3.8) is 0 Å². The zero-order valence-electron chi connectivity index (χ0n) is 19.0. The third-order valence-corrected chi connectivity index (χ3v) is 7.51. The number of carbonyl (C=O) groups is 1. The van der Waals surface area contributed by atoms with Crippen LogP contribution in [0.5, 0.6) is 11.5 Å². The molecular weight excluding hydrogens is 452 g/mol. The van der Waals surface area contributed by atoms with Crippen LogP contribution in [0, 0.1) is 0 Å². The first kappa shape index (κ1) is 23.6. The molecule has 7 nitrogen and oxygen atoms in total. The average Bonchev–Trinajstić information content (AvgIpc) is 3.37. The molecule has 1 N–H and O–H groups in total. The van der Waals surface area contributed by atoms with Crippen molar-refractivity contribution < 1.29 is 22.7 Å². The van der Waals surface area contributed by atoms with Gasteiger partial charge in [0.25, 0.3) is 10.0 Å². The number of rotatable bonds is 9. The number of hydrogen-bond acceptors (Lipinski definition) is 5. The first-order chi connectivity index (χ1) is 16.5. The Morgan fingerprint density at radius 1 is 0.912 bits per heavy atom. The molecule has 0 heterocycles. The monoisotopic (exact) mass is 480 g/mol. The van der Waals surface area contributed by atoms with E-state index in [1.807, 2.05) is 12.1 Å². The summed E-state index contributed by atoms with van der Waals surface area (Å²) in [5.74, 6) is 0.890. The van der Waals surface area contributed by atoms with E-state index in [4.69, 9.17) is 9.47 Å². The van der Waals surface area contributed by atoms with Gasteiger partial charge in [0.2, 0.25) is 5.91 Å². The zero-order valence-corrected chi connectivity index (χ0v) is 19.8. The van der Waals surface area contributed by atoms with E-state index < -0.39 is 15.9 Å². The van der Waals surface area contributed by atoms with Crippen LogP contribution in [0.15, 0.2) is 83.8 Å². The van der Waals surface area contributed by atoms with Gasteiger partial charge in [-0.3, -0.25) is 9.10 Å². The maximum Gasteiger partial charge on any atom is 0.264 e. The molecule has 1 saturated carbocycles. The summed E-state index contributed by atoms with van der Waals surface area (Å²) in [6, 6.07) is 21.7. The molecule has 0 bridgehead atoms. The average molecular weight is 481 g/mol. The molecule has 3 aromatic rings. The van der Waals surface area contributed by atoms with Gasteiger partial charge in [0.15, 0.2) is 0 Å². The number of ether oxygens (including phenoxy) is 2. The van der Waals surface area contributed by atoms with Gasteiger partial charge in [0.05, 0.1) is 23.8 Å². The quantitative estimate of drug-likeness (QED) is 0.473. The van der Waals surface area contributed by atoms with Crippen LogP contribution in [0.3, 0.4) is 0 Å². The lowest BCUT2D eigenvalue weighted by Crippen LogP contribution is -2.38. The topological polar surface area (TPSA) is 84.9 Å². The Bertz CT molecular complexity index is 1190. The van der Waals surface area contributed by atoms with Crippen molar-refractivity contribution >= 4 is 27.3 Å². The molecule has 1 aliphatic carbocycles. The SMILES string of the molecule is COc1ccc(N(CC(=O)Nc2ccc(OC3CCCC3)cc2)S(=O)(=O)c2ccccc2)cc1. The van der Waals surface area contributed by atoms with Gasteiger partial charge in [-0.15, -0.1) is 0 Å². The van der Waals surface area contributed by atoms with Crippen molar-refractivity contribution in [3.8, 4) is 11.5 Å². The number of carbonyl (C=O) groups excluding carboxylic acids is 1. The summed E-state index contributed by atoms with van der Waals surface area (Å²) in [6.07, 6.45) is 4.76. The van der Waals surface area contributed by atoms with Gasteiger partial charge in [-0.1, -0.05) is 18.2 Å². The largest absolute Gasteiger partial charge is 0.497 e. The Labute approximate surface area is 200 Å². The van der Waals surface area contributed by atoms with Gasteiger partial charge in [-0.25, -0.2) is 8.42 Å². The van der Waals surface area contributed by atoms with Gasteiger partial charge in [-0.05, 0) is 86.3 Å². The molecular formula is C26H28N2O5S. The van der Waals surface area contributed by atoms with Crippen LogP contribution < -0.4 is 19.1 Å². The Morgan fingerprint density at radius 2 is 1.53 bits per heavy atom. The molecule has 1 amide bonds. The minimum Gasteiger partial charge on any atom is -0.497 e. The maximum atomic E-state index is 13.4. The Balaban J connectivity index is 1.50. The minimum atomic E-state index is -3.97. The van der Waals surface area contributed by atoms with Crippen LogP contribution >= 0.6 is 0 Å². The van der Waals surface area contributed by atoms with Gasteiger partial charge in [0.1, 0.15) is 18.0 Å². The molecule has 0 saturated heterocycles. The number of nitrogens with zero attached hydrogens (tertiary/aromatic N) is 1. The summed E-state index contributed by atoms with van der Waals surface area (Å²) in [6.45, 7) is -0.385. The van der Waals surface area contributed by atoms with Crippen LogP contribution in [0.1, 0.15) is 25.7 Å². The first-order valence-corrected chi connectivity index (χ1v) is 12.7. The lowest BCUT2D eigenvalue weighted by Gasteiger charge is -2.24. The second-order valence-corrected chi connectivity index (χ2v) is 9.98. The van der Waals surface area contributed by atoms with Gasteiger partial charge >= 0.3 is 0 Å². The summed E-state index contributed by atoms with van der Waals surface area (Å²) in [4.78, 5) is 13.0. The van der Waals surface area contributed by atoms with Gasteiger partial charge in [0, 0.05) is 5.69 Å². The van der Waals surface area contributed by atoms with E-state index in [0.717, 1.165) is 22.9 Å². The molecule has 0 unspecified atom stereocenters. The van der Waals surface area contributed by atoms with E-state index in [9.17, 15) is 13.2 Å². The number of amides is 1. The molecule has 178 valence electrons. The Morgan fingerprint density at radius 3 is 2.15 bits per heavy atom. The van der Waals surface area contributed by atoms with Crippen LogP contribution in [-0.4, -0.2) is 34.1 Å². The second-order valence-electron chi connectivity index (χ2n) is 8.12. The van der Waals surface area contributed by atoms with Crippen molar-refractivity contribution in [2.75, 3.05) is 23.3 Å². The van der Waals surface area contributed by atoms with E-state index in [0.29, 0.717) is 17.1 Å². The minimum absolute atomic E-state index is 0.104. The molecule has 4 rings (SSSR count). The molecule has 34 heavy (non-hydrogen) atoms. The summed E-state index contributed by atoms with van der Waals surface area (Å²) >= 11 is 0. The van der Waals surface area contributed by atoms with E-state index in [1.54, 1.807) is 54.6 Å². The van der Waals surface area contributed by atoms with Gasteiger partial charge < -0.3 is 14.8 Å². The highest BCUT2D eigenvalue weighted by molar-refractivity contribution is 7.92. The third-order valence-electron chi connectivity index (χ3n) is 5.72. The first-order valence-electron chi connectivity index (χ1n) is 11.2. The molecule has 1 aliphatic rings. The Hall–Kier alpha value is -3.52. The summed E-state index contributed by atoms with van der Waals surface area (Å²) < 4.78 is 39.0. The molecule has 0 aliphatic heterocycles. The van der Waals surface area contributed by atoms with Crippen molar-refractivity contribution in [2.24, 2.45) is 0 Å². The van der Waals surface area contributed by atoms with E-state index >= 15 is 0 Å². The molecule has 8 heteroatoms. The fourth-order valence-electron chi connectivity index (χ4n) is 3.93. The molecule has 0 radical (unpaired) electrons. The third kappa shape index (κ3) is 5.69. The highest BCUT2D eigenvalue weighted by Crippen LogP contribution is 2.27. The van der Waals surface area contributed by atoms with Crippen molar-refractivity contribution in [1.82, 2.24) is 0 Å². The predicted octanol–water partition coefficient (Wildman–Crippen LogP) is 4.85. The highest BCUT2D eigenvalue weighted by atomic mass is 32.2. The van der Waals surface area contributed by atoms with Crippen LogP contribution in [0.25, 0.3) is 0 Å².